The maximum absolute atomic E-state index is 5.79. The zero-order valence-electron chi connectivity index (χ0n) is 12.5. The molecule has 3 N–H and O–H groups in total. The average Bonchev–Trinajstić information content (AvgIpc) is 2.90. The number of anilines is 2. The van der Waals surface area contributed by atoms with E-state index in [1.54, 1.807) is 23.3 Å². The van der Waals surface area contributed by atoms with Gasteiger partial charge in [-0.15, -0.1) is 0 Å². The van der Waals surface area contributed by atoms with Crippen molar-refractivity contribution in [2.45, 2.75) is 45.6 Å². The standard InChI is InChI=1S/C14H21N7/c1-14(2)5-3-4-10(8-14)17-12-18-11(15)19-13(20-12)21-7-6-16-9-21/h6-7,9-10H,3-5,8H2,1-2H3,(H3,15,17,18,19,20). The van der Waals surface area contributed by atoms with Crippen LogP contribution in [0.25, 0.3) is 5.95 Å². The highest BCUT2D eigenvalue weighted by Gasteiger charge is 2.28. The van der Waals surface area contributed by atoms with Gasteiger partial charge in [-0.1, -0.05) is 20.3 Å². The molecule has 2 aromatic rings. The SMILES string of the molecule is CC1(C)CCCC(Nc2nc(N)nc(-n3ccnc3)n2)C1. The summed E-state index contributed by atoms with van der Waals surface area (Å²) in [4.78, 5) is 16.8. The quantitative estimate of drug-likeness (QED) is 0.896. The van der Waals surface area contributed by atoms with Gasteiger partial charge in [0.2, 0.25) is 17.8 Å². The Labute approximate surface area is 124 Å². The smallest absolute Gasteiger partial charge is 0.241 e. The number of nitrogens with one attached hydrogen (secondary N) is 1. The highest BCUT2D eigenvalue weighted by Crippen LogP contribution is 2.36. The molecular formula is C14H21N7. The van der Waals surface area contributed by atoms with E-state index in [0.717, 1.165) is 12.8 Å². The molecule has 0 radical (unpaired) electrons. The zero-order chi connectivity index (χ0) is 14.9. The Hall–Kier alpha value is -2.18. The summed E-state index contributed by atoms with van der Waals surface area (Å²) in [5.41, 5.74) is 6.15. The highest BCUT2D eigenvalue weighted by molar-refractivity contribution is 5.36. The summed E-state index contributed by atoms with van der Waals surface area (Å²) in [6, 6.07) is 0.381. The molecule has 21 heavy (non-hydrogen) atoms. The van der Waals surface area contributed by atoms with Crippen LogP contribution in [0.15, 0.2) is 18.7 Å². The van der Waals surface area contributed by atoms with Crippen LogP contribution in [0.1, 0.15) is 39.5 Å². The molecule has 1 aliphatic carbocycles. The van der Waals surface area contributed by atoms with Crippen molar-refractivity contribution in [2.24, 2.45) is 5.41 Å². The van der Waals surface area contributed by atoms with Gasteiger partial charge in [0.15, 0.2) is 0 Å². The summed E-state index contributed by atoms with van der Waals surface area (Å²) < 4.78 is 1.72. The van der Waals surface area contributed by atoms with Crippen LogP contribution >= 0.6 is 0 Å². The van der Waals surface area contributed by atoms with Crippen LogP contribution in [0.4, 0.5) is 11.9 Å². The normalized spacial score (nSPS) is 21.1. The van der Waals surface area contributed by atoms with Crippen molar-refractivity contribution < 1.29 is 0 Å². The van der Waals surface area contributed by atoms with Gasteiger partial charge in [0, 0.05) is 18.4 Å². The third-order valence-corrected chi connectivity index (χ3v) is 3.91. The molecule has 0 spiro atoms. The molecule has 0 saturated heterocycles. The Morgan fingerprint density at radius 2 is 2.19 bits per heavy atom. The van der Waals surface area contributed by atoms with E-state index < -0.39 is 0 Å². The van der Waals surface area contributed by atoms with E-state index in [-0.39, 0.29) is 5.95 Å². The van der Waals surface area contributed by atoms with Gasteiger partial charge in [-0.3, -0.25) is 4.57 Å². The molecule has 1 saturated carbocycles. The maximum Gasteiger partial charge on any atom is 0.241 e. The van der Waals surface area contributed by atoms with E-state index in [0.29, 0.717) is 23.4 Å². The van der Waals surface area contributed by atoms with Gasteiger partial charge < -0.3 is 11.1 Å². The van der Waals surface area contributed by atoms with Crippen molar-refractivity contribution in [3.63, 3.8) is 0 Å². The number of nitrogens with zero attached hydrogens (tertiary/aromatic N) is 5. The lowest BCUT2D eigenvalue weighted by molar-refractivity contribution is 0.229. The highest BCUT2D eigenvalue weighted by atomic mass is 15.3. The van der Waals surface area contributed by atoms with Gasteiger partial charge in [-0.2, -0.15) is 15.0 Å². The number of nitrogens with two attached hydrogens (primary N) is 1. The average molecular weight is 287 g/mol. The fourth-order valence-corrected chi connectivity index (χ4v) is 2.94. The molecular weight excluding hydrogens is 266 g/mol. The summed E-state index contributed by atoms with van der Waals surface area (Å²) in [7, 11) is 0. The molecule has 0 aromatic carbocycles. The summed E-state index contributed by atoms with van der Waals surface area (Å²) in [5.74, 6) is 1.23. The molecule has 1 atom stereocenters. The van der Waals surface area contributed by atoms with E-state index in [2.05, 4.69) is 39.1 Å². The van der Waals surface area contributed by atoms with Gasteiger partial charge in [0.25, 0.3) is 0 Å². The summed E-state index contributed by atoms with van der Waals surface area (Å²) in [5, 5.41) is 3.40. The van der Waals surface area contributed by atoms with Crippen LogP contribution < -0.4 is 11.1 Å². The number of aromatic nitrogens is 5. The monoisotopic (exact) mass is 287 g/mol. The third kappa shape index (κ3) is 3.29. The molecule has 3 rings (SSSR count). The van der Waals surface area contributed by atoms with E-state index in [1.165, 1.54) is 12.8 Å². The minimum atomic E-state index is 0.214. The largest absolute Gasteiger partial charge is 0.368 e. The van der Waals surface area contributed by atoms with E-state index in [4.69, 9.17) is 5.73 Å². The minimum Gasteiger partial charge on any atom is -0.368 e. The van der Waals surface area contributed by atoms with Crippen molar-refractivity contribution in [1.82, 2.24) is 24.5 Å². The fraction of sp³-hybridized carbons (Fsp3) is 0.571. The topological polar surface area (TPSA) is 94.5 Å². The van der Waals surface area contributed by atoms with Crippen molar-refractivity contribution >= 4 is 11.9 Å². The van der Waals surface area contributed by atoms with Crippen molar-refractivity contribution in [2.75, 3.05) is 11.1 Å². The van der Waals surface area contributed by atoms with Gasteiger partial charge in [-0.05, 0) is 24.7 Å². The second-order valence-corrected chi connectivity index (χ2v) is 6.39. The van der Waals surface area contributed by atoms with Gasteiger partial charge in [0.1, 0.15) is 6.33 Å². The van der Waals surface area contributed by atoms with Gasteiger partial charge in [0.05, 0.1) is 0 Å². The lowest BCUT2D eigenvalue weighted by Crippen LogP contribution is -2.32. The molecule has 0 bridgehead atoms. The van der Waals surface area contributed by atoms with Gasteiger partial charge in [-0.25, -0.2) is 4.98 Å². The summed E-state index contributed by atoms with van der Waals surface area (Å²) in [6.07, 6.45) is 9.83. The summed E-state index contributed by atoms with van der Waals surface area (Å²) >= 11 is 0. The Morgan fingerprint density at radius 3 is 2.90 bits per heavy atom. The Balaban J connectivity index is 1.79. The van der Waals surface area contributed by atoms with Crippen LogP contribution in [0, 0.1) is 5.41 Å². The first-order valence-corrected chi connectivity index (χ1v) is 7.28. The molecule has 2 heterocycles. The first kappa shape index (κ1) is 13.8. The first-order chi connectivity index (χ1) is 10.0. The Kier molecular flexibility index (Phi) is 3.48. The van der Waals surface area contributed by atoms with Crippen molar-refractivity contribution in [3.8, 4) is 5.95 Å². The lowest BCUT2D eigenvalue weighted by Gasteiger charge is -2.35. The molecule has 1 aliphatic rings. The van der Waals surface area contributed by atoms with Crippen molar-refractivity contribution in [1.29, 1.82) is 0 Å². The van der Waals surface area contributed by atoms with Crippen molar-refractivity contribution in [3.05, 3.63) is 18.7 Å². The van der Waals surface area contributed by atoms with Gasteiger partial charge >= 0.3 is 0 Å². The lowest BCUT2D eigenvalue weighted by atomic mass is 9.75. The number of hydrogen-bond donors (Lipinski definition) is 2. The number of imidazole rings is 1. The Morgan fingerprint density at radius 1 is 1.33 bits per heavy atom. The van der Waals surface area contributed by atoms with Crippen LogP contribution in [-0.4, -0.2) is 30.5 Å². The molecule has 2 aromatic heterocycles. The minimum absolute atomic E-state index is 0.214. The predicted octanol–water partition coefficient (Wildman–Crippen LogP) is 2.02. The zero-order valence-corrected chi connectivity index (χ0v) is 12.5. The molecule has 7 heteroatoms. The second-order valence-electron chi connectivity index (χ2n) is 6.39. The molecule has 1 fully saturated rings. The van der Waals surface area contributed by atoms with Crippen LogP contribution in [0.3, 0.4) is 0 Å². The molecule has 7 nitrogen and oxygen atoms in total. The molecule has 0 aliphatic heterocycles. The second kappa shape index (κ2) is 5.31. The molecule has 0 amide bonds. The van der Waals surface area contributed by atoms with E-state index in [1.807, 2.05) is 0 Å². The molecule has 1 unspecified atom stereocenters. The third-order valence-electron chi connectivity index (χ3n) is 3.91. The maximum atomic E-state index is 5.79. The molecule has 112 valence electrons. The number of hydrogen-bond acceptors (Lipinski definition) is 6. The first-order valence-electron chi connectivity index (χ1n) is 7.28. The van der Waals surface area contributed by atoms with Crippen LogP contribution in [-0.2, 0) is 0 Å². The fourth-order valence-electron chi connectivity index (χ4n) is 2.94. The Bertz CT molecular complexity index is 606. The summed E-state index contributed by atoms with van der Waals surface area (Å²) in [6.45, 7) is 4.61. The van der Waals surface area contributed by atoms with Crippen LogP contribution in [0.2, 0.25) is 0 Å². The van der Waals surface area contributed by atoms with Crippen LogP contribution in [0.5, 0.6) is 0 Å². The van der Waals surface area contributed by atoms with E-state index in [9.17, 15) is 0 Å². The predicted molar refractivity (Wildman–Crippen MR) is 81.0 cm³/mol. The number of rotatable bonds is 3. The van der Waals surface area contributed by atoms with E-state index >= 15 is 0 Å². The number of nitrogen functional groups attached to an aromatic ring is 1.